The molecule has 0 aromatic heterocycles. The van der Waals surface area contributed by atoms with E-state index in [1.165, 1.54) is 6.08 Å². The van der Waals surface area contributed by atoms with Gasteiger partial charge < -0.3 is 14.2 Å². The second-order valence-corrected chi connectivity index (χ2v) is 9.91. The Bertz CT molecular complexity index is 804. The number of carbonyl (C=O) groups is 3. The molecule has 0 amide bonds. The Labute approximate surface area is 209 Å². The fourth-order valence-electron chi connectivity index (χ4n) is 5.42. The highest BCUT2D eigenvalue weighted by atomic mass is 16.5. The van der Waals surface area contributed by atoms with Crippen molar-refractivity contribution in [2.45, 2.75) is 77.0 Å². The van der Waals surface area contributed by atoms with Gasteiger partial charge in [0.05, 0.1) is 25.0 Å². The third kappa shape index (κ3) is 9.15. The molecule has 2 aliphatic rings. The Balaban J connectivity index is 1.24. The standard InChI is InChI=1S/C29H40O6/c1-2-27(30)33-20-8-3-4-9-21-34-28(31)24-16-12-22(13-17-24)23-14-18-25(19-15-23)29(32)35-26-10-6-5-7-11-26/h2,5-7,10-11,22-25H,1,3-4,8-9,12-21H2. The second-order valence-electron chi connectivity index (χ2n) is 9.91. The highest BCUT2D eigenvalue weighted by molar-refractivity contribution is 5.81. The first-order chi connectivity index (χ1) is 17.1. The first-order valence-electron chi connectivity index (χ1n) is 13.3. The molecule has 0 spiro atoms. The SMILES string of the molecule is C=CC(=O)OCCCCCCOC(=O)C1CCC(C2CCC(C(=O)Oc3ccccc3)CC2)CC1. The minimum absolute atomic E-state index is 0.0000600. The molecule has 0 bridgehead atoms. The smallest absolute Gasteiger partial charge is 0.330 e. The summed E-state index contributed by atoms with van der Waals surface area (Å²) in [6, 6.07) is 9.30. The van der Waals surface area contributed by atoms with Gasteiger partial charge in [0.1, 0.15) is 5.75 Å². The average molecular weight is 485 g/mol. The molecule has 35 heavy (non-hydrogen) atoms. The Morgan fingerprint density at radius 3 is 1.77 bits per heavy atom. The van der Waals surface area contributed by atoms with Crippen molar-refractivity contribution in [3.63, 3.8) is 0 Å². The van der Waals surface area contributed by atoms with Gasteiger partial charge in [-0.15, -0.1) is 0 Å². The molecule has 6 nitrogen and oxygen atoms in total. The normalized spacial score (nSPS) is 24.2. The van der Waals surface area contributed by atoms with E-state index in [1.807, 2.05) is 30.3 Å². The van der Waals surface area contributed by atoms with Gasteiger partial charge in [0.15, 0.2) is 0 Å². The van der Waals surface area contributed by atoms with Crippen LogP contribution in [0.5, 0.6) is 5.75 Å². The third-order valence-corrected chi connectivity index (χ3v) is 7.53. The Kier molecular flexibility index (Phi) is 11.3. The van der Waals surface area contributed by atoms with Crippen molar-refractivity contribution in [2.75, 3.05) is 13.2 Å². The summed E-state index contributed by atoms with van der Waals surface area (Å²) < 4.78 is 16.0. The molecule has 192 valence electrons. The molecule has 0 aliphatic heterocycles. The van der Waals surface area contributed by atoms with Crippen LogP contribution in [-0.2, 0) is 23.9 Å². The zero-order chi connectivity index (χ0) is 24.9. The maximum atomic E-state index is 12.5. The van der Waals surface area contributed by atoms with Crippen molar-refractivity contribution in [1.29, 1.82) is 0 Å². The Morgan fingerprint density at radius 2 is 1.23 bits per heavy atom. The van der Waals surface area contributed by atoms with Crippen molar-refractivity contribution in [3.05, 3.63) is 43.0 Å². The van der Waals surface area contributed by atoms with Crippen LogP contribution in [0, 0.1) is 23.7 Å². The van der Waals surface area contributed by atoms with Crippen LogP contribution in [0.1, 0.15) is 77.0 Å². The third-order valence-electron chi connectivity index (χ3n) is 7.53. The molecule has 0 N–H and O–H groups in total. The number of hydrogen-bond donors (Lipinski definition) is 0. The number of hydrogen-bond acceptors (Lipinski definition) is 6. The summed E-state index contributed by atoms with van der Waals surface area (Å²) in [5.41, 5.74) is 0. The van der Waals surface area contributed by atoms with E-state index >= 15 is 0 Å². The summed E-state index contributed by atoms with van der Waals surface area (Å²) in [5.74, 6) is 1.43. The minimum Gasteiger partial charge on any atom is -0.465 e. The molecule has 6 heteroatoms. The fourth-order valence-corrected chi connectivity index (χ4v) is 5.42. The summed E-state index contributed by atoms with van der Waals surface area (Å²) in [7, 11) is 0. The minimum atomic E-state index is -0.384. The van der Waals surface area contributed by atoms with Crippen LogP contribution in [0.3, 0.4) is 0 Å². The molecule has 0 heterocycles. The van der Waals surface area contributed by atoms with E-state index in [0.29, 0.717) is 30.8 Å². The molecular formula is C29H40O6. The van der Waals surface area contributed by atoms with Gasteiger partial charge in [0.2, 0.25) is 0 Å². The lowest BCUT2D eigenvalue weighted by Crippen LogP contribution is -2.31. The van der Waals surface area contributed by atoms with Crippen LogP contribution in [0.15, 0.2) is 43.0 Å². The second kappa shape index (κ2) is 14.7. The van der Waals surface area contributed by atoms with E-state index < -0.39 is 0 Å². The number of unbranched alkanes of at least 4 members (excludes halogenated alkanes) is 3. The molecule has 2 fully saturated rings. The topological polar surface area (TPSA) is 78.9 Å². The lowest BCUT2D eigenvalue weighted by atomic mass is 9.69. The van der Waals surface area contributed by atoms with Crippen molar-refractivity contribution in [2.24, 2.45) is 23.7 Å². The van der Waals surface area contributed by atoms with E-state index in [1.54, 1.807) is 0 Å². The molecule has 1 aromatic rings. The van der Waals surface area contributed by atoms with Crippen LogP contribution in [0.2, 0.25) is 0 Å². The molecule has 0 radical (unpaired) electrons. The first kappa shape index (κ1) is 27.0. The number of ether oxygens (including phenoxy) is 3. The summed E-state index contributed by atoms with van der Waals surface area (Å²) in [6.07, 6.45) is 12.6. The molecule has 0 unspecified atom stereocenters. The molecule has 2 saturated carbocycles. The van der Waals surface area contributed by atoms with Gasteiger partial charge in [-0.1, -0.05) is 24.8 Å². The first-order valence-corrected chi connectivity index (χ1v) is 13.3. The van der Waals surface area contributed by atoms with Gasteiger partial charge in [-0.25, -0.2) is 4.79 Å². The van der Waals surface area contributed by atoms with Crippen molar-refractivity contribution in [1.82, 2.24) is 0 Å². The Hall–Kier alpha value is -2.63. The number of benzene rings is 1. The summed E-state index contributed by atoms with van der Waals surface area (Å²) in [5, 5.41) is 0. The van der Waals surface area contributed by atoms with Gasteiger partial charge in [-0.05, 0) is 101 Å². The van der Waals surface area contributed by atoms with E-state index in [2.05, 4.69) is 6.58 Å². The predicted octanol–water partition coefficient (Wildman–Crippen LogP) is 6.04. The highest BCUT2D eigenvalue weighted by Gasteiger charge is 2.35. The quantitative estimate of drug-likeness (QED) is 0.156. The van der Waals surface area contributed by atoms with Crippen molar-refractivity contribution in [3.8, 4) is 5.75 Å². The van der Waals surface area contributed by atoms with E-state index in [-0.39, 0.29) is 29.7 Å². The predicted molar refractivity (Wildman–Crippen MR) is 134 cm³/mol. The van der Waals surface area contributed by atoms with Gasteiger partial charge in [0.25, 0.3) is 0 Å². The van der Waals surface area contributed by atoms with Gasteiger partial charge in [-0.3, -0.25) is 9.59 Å². The monoisotopic (exact) mass is 484 g/mol. The van der Waals surface area contributed by atoms with Gasteiger partial charge in [0, 0.05) is 6.08 Å². The van der Waals surface area contributed by atoms with E-state index in [9.17, 15) is 14.4 Å². The fraction of sp³-hybridized carbons (Fsp3) is 0.621. The zero-order valence-electron chi connectivity index (χ0n) is 20.8. The number of rotatable bonds is 12. The van der Waals surface area contributed by atoms with Gasteiger partial charge in [-0.2, -0.15) is 0 Å². The summed E-state index contributed by atoms with van der Waals surface area (Å²) in [4.78, 5) is 35.9. The summed E-state index contributed by atoms with van der Waals surface area (Å²) >= 11 is 0. The van der Waals surface area contributed by atoms with Crippen LogP contribution in [0.25, 0.3) is 0 Å². The highest BCUT2D eigenvalue weighted by Crippen LogP contribution is 2.42. The lowest BCUT2D eigenvalue weighted by molar-refractivity contribution is -0.150. The van der Waals surface area contributed by atoms with Crippen molar-refractivity contribution >= 4 is 17.9 Å². The zero-order valence-corrected chi connectivity index (χ0v) is 20.8. The molecular weight excluding hydrogens is 444 g/mol. The average Bonchev–Trinajstić information content (AvgIpc) is 2.90. The van der Waals surface area contributed by atoms with Crippen molar-refractivity contribution < 1.29 is 28.6 Å². The molecule has 3 rings (SSSR count). The molecule has 0 atom stereocenters. The molecule has 2 aliphatic carbocycles. The maximum absolute atomic E-state index is 12.5. The van der Waals surface area contributed by atoms with E-state index in [0.717, 1.165) is 77.0 Å². The van der Waals surface area contributed by atoms with Gasteiger partial charge >= 0.3 is 17.9 Å². The Morgan fingerprint density at radius 1 is 0.714 bits per heavy atom. The van der Waals surface area contributed by atoms with Crippen LogP contribution in [0.4, 0.5) is 0 Å². The largest absolute Gasteiger partial charge is 0.465 e. The van der Waals surface area contributed by atoms with Crippen LogP contribution >= 0.6 is 0 Å². The molecule has 1 aromatic carbocycles. The number of esters is 3. The van der Waals surface area contributed by atoms with E-state index in [4.69, 9.17) is 14.2 Å². The number of para-hydroxylation sites is 1. The van der Waals surface area contributed by atoms with Crippen LogP contribution < -0.4 is 4.74 Å². The lowest BCUT2D eigenvalue weighted by Gasteiger charge is -2.36. The maximum Gasteiger partial charge on any atom is 0.330 e. The van der Waals surface area contributed by atoms with Crippen LogP contribution in [-0.4, -0.2) is 31.1 Å². The molecule has 0 saturated heterocycles. The number of carbonyl (C=O) groups excluding carboxylic acids is 3. The summed E-state index contributed by atoms with van der Waals surface area (Å²) in [6.45, 7) is 4.24.